The summed E-state index contributed by atoms with van der Waals surface area (Å²) < 4.78 is 103. The minimum atomic E-state index is -5.20. The zero-order valence-electron chi connectivity index (χ0n) is 24.4. The first-order valence-electron chi connectivity index (χ1n) is 13.5. The lowest BCUT2D eigenvalue weighted by atomic mass is 9.92. The van der Waals surface area contributed by atoms with Crippen LogP contribution in [0.15, 0.2) is 86.8 Å². The SMILES string of the molecule is CCN(c1ccccc1)c1nc(Cl)nc(NC2=CC(S(=O)(=O)O)Cc3cc(S(=O)(=O)O)c(N=Nc4ccccc4S(=O)(=O)O)c(O)c32)n1. The van der Waals surface area contributed by atoms with Crippen LogP contribution in [0.3, 0.4) is 0 Å². The van der Waals surface area contributed by atoms with Crippen LogP contribution in [-0.2, 0) is 36.8 Å². The summed E-state index contributed by atoms with van der Waals surface area (Å²) in [5.74, 6) is -1.14. The maximum absolute atomic E-state index is 12.4. The average Bonchev–Trinajstić information content (AvgIpc) is 2.99. The van der Waals surface area contributed by atoms with Crippen LogP contribution in [-0.4, -0.2) is 70.8 Å². The molecule has 252 valence electrons. The summed E-state index contributed by atoms with van der Waals surface area (Å²) >= 11 is 6.21. The third kappa shape index (κ3) is 7.44. The first-order valence-corrected chi connectivity index (χ1v) is 18.3. The van der Waals surface area contributed by atoms with E-state index >= 15 is 0 Å². The molecule has 0 spiro atoms. The molecule has 17 nitrogen and oxygen atoms in total. The summed E-state index contributed by atoms with van der Waals surface area (Å²) in [4.78, 5) is 12.5. The van der Waals surface area contributed by atoms with E-state index in [0.29, 0.717) is 12.2 Å². The van der Waals surface area contributed by atoms with Crippen molar-refractivity contribution in [3.05, 3.63) is 83.2 Å². The molecular formula is C27H24ClN7O10S3. The van der Waals surface area contributed by atoms with Gasteiger partial charge >= 0.3 is 0 Å². The highest BCUT2D eigenvalue weighted by Gasteiger charge is 2.34. The van der Waals surface area contributed by atoms with Crippen LogP contribution in [0.1, 0.15) is 18.1 Å². The highest BCUT2D eigenvalue weighted by atomic mass is 35.5. The Morgan fingerprint density at radius 2 is 1.54 bits per heavy atom. The Labute approximate surface area is 278 Å². The number of rotatable bonds is 10. The van der Waals surface area contributed by atoms with E-state index in [1.165, 1.54) is 12.1 Å². The number of aromatic nitrogens is 3. The fourth-order valence-electron chi connectivity index (χ4n) is 4.83. The van der Waals surface area contributed by atoms with Crippen molar-refractivity contribution >= 4 is 76.6 Å². The fourth-order valence-corrected chi connectivity index (χ4v) is 6.98. The number of para-hydroxylation sites is 1. The van der Waals surface area contributed by atoms with E-state index in [2.05, 4.69) is 30.5 Å². The summed E-state index contributed by atoms with van der Waals surface area (Å²) in [6, 6.07) is 14.5. The summed E-state index contributed by atoms with van der Waals surface area (Å²) in [6.07, 6.45) is 0.435. The summed E-state index contributed by atoms with van der Waals surface area (Å²) in [5.41, 5.74) is -1.34. The van der Waals surface area contributed by atoms with Crippen LogP contribution in [0.4, 0.5) is 29.0 Å². The summed E-state index contributed by atoms with van der Waals surface area (Å²) in [5, 5.41) is 19.6. The minimum absolute atomic E-state index is 0.0760. The van der Waals surface area contributed by atoms with Crippen molar-refractivity contribution in [1.29, 1.82) is 0 Å². The highest BCUT2D eigenvalue weighted by Crippen LogP contribution is 2.46. The van der Waals surface area contributed by atoms with Gasteiger partial charge in [0.15, 0.2) is 5.75 Å². The third-order valence-corrected chi connectivity index (χ3v) is 9.90. The van der Waals surface area contributed by atoms with Crippen molar-refractivity contribution in [2.45, 2.75) is 28.4 Å². The van der Waals surface area contributed by atoms with E-state index in [1.807, 2.05) is 13.0 Å². The van der Waals surface area contributed by atoms with Crippen LogP contribution in [0.25, 0.3) is 5.70 Å². The number of halogens is 1. The Balaban J connectivity index is 1.68. The fraction of sp³-hybridized carbons (Fsp3) is 0.148. The van der Waals surface area contributed by atoms with E-state index < -0.39 is 68.9 Å². The molecule has 1 aliphatic carbocycles. The van der Waals surface area contributed by atoms with Crippen LogP contribution in [0, 0.1) is 0 Å². The Kier molecular flexibility index (Phi) is 9.52. The lowest BCUT2D eigenvalue weighted by Crippen LogP contribution is -2.27. The smallest absolute Gasteiger partial charge is 0.296 e. The number of nitrogens with one attached hydrogen (secondary N) is 1. The minimum Gasteiger partial charge on any atom is -0.505 e. The number of phenols is 1. The molecule has 0 fully saturated rings. The van der Waals surface area contributed by atoms with Gasteiger partial charge in [0, 0.05) is 23.5 Å². The lowest BCUT2D eigenvalue weighted by molar-refractivity contribution is 0.463. The molecule has 1 atom stereocenters. The topological polar surface area (TPSA) is 262 Å². The van der Waals surface area contributed by atoms with Crippen molar-refractivity contribution in [3.8, 4) is 5.75 Å². The molecule has 4 aromatic rings. The van der Waals surface area contributed by atoms with Gasteiger partial charge in [-0.15, -0.1) is 10.2 Å². The highest BCUT2D eigenvalue weighted by molar-refractivity contribution is 7.86. The molecule has 0 saturated heterocycles. The molecule has 0 amide bonds. The molecule has 1 unspecified atom stereocenters. The Bertz CT molecular complexity index is 2310. The van der Waals surface area contributed by atoms with Gasteiger partial charge in [0.1, 0.15) is 26.4 Å². The second-order valence-electron chi connectivity index (χ2n) is 9.99. The molecule has 1 aliphatic rings. The first kappa shape index (κ1) is 34.8. The van der Waals surface area contributed by atoms with Crippen LogP contribution >= 0.6 is 11.6 Å². The maximum atomic E-state index is 12.4. The zero-order chi connectivity index (χ0) is 35.0. The number of fused-ring (bicyclic) bond motifs is 1. The Hall–Kier alpha value is -4.57. The zero-order valence-corrected chi connectivity index (χ0v) is 27.6. The largest absolute Gasteiger partial charge is 0.505 e. The van der Waals surface area contributed by atoms with Crippen molar-refractivity contribution in [2.24, 2.45) is 10.2 Å². The van der Waals surface area contributed by atoms with Gasteiger partial charge in [-0.05, 0) is 66.9 Å². The van der Waals surface area contributed by atoms with Gasteiger partial charge in [0.25, 0.3) is 30.4 Å². The van der Waals surface area contributed by atoms with Gasteiger partial charge in [-0.25, -0.2) is 0 Å². The lowest BCUT2D eigenvalue weighted by Gasteiger charge is -2.26. The number of anilines is 3. The van der Waals surface area contributed by atoms with Gasteiger partial charge in [-0.1, -0.05) is 30.3 Å². The molecule has 0 radical (unpaired) electrons. The van der Waals surface area contributed by atoms with Gasteiger partial charge in [0.2, 0.25) is 17.2 Å². The second kappa shape index (κ2) is 13.1. The number of azo groups is 1. The van der Waals surface area contributed by atoms with E-state index in [1.54, 1.807) is 29.2 Å². The number of hydrogen-bond donors (Lipinski definition) is 5. The molecule has 21 heteroatoms. The van der Waals surface area contributed by atoms with E-state index in [-0.39, 0.29) is 34.0 Å². The summed E-state index contributed by atoms with van der Waals surface area (Å²) in [6.45, 7) is 2.21. The molecule has 0 saturated carbocycles. The molecule has 5 N–H and O–H groups in total. The molecule has 48 heavy (non-hydrogen) atoms. The first-order chi connectivity index (χ1) is 22.5. The molecule has 1 aromatic heterocycles. The van der Waals surface area contributed by atoms with E-state index in [9.17, 15) is 44.0 Å². The monoisotopic (exact) mass is 737 g/mol. The standard InChI is InChI=1S/C27H24ClN7O10S3/c1-2-35(16-8-4-3-5-9-16)27-31-25(28)30-26(32-27)29-19-14-17(46(37,38)39)12-15-13-21(48(43,44)45)23(24(36)22(15)19)34-33-18-10-6-7-11-20(18)47(40,41)42/h3-11,13-14,17,36H,2,12H2,1H3,(H,37,38,39)(H,40,41,42)(H,43,44,45)(H,29,30,31,32). The molecule has 3 aromatic carbocycles. The predicted octanol–water partition coefficient (Wildman–Crippen LogP) is 4.56. The quantitative estimate of drug-likeness (QED) is 0.110. The predicted molar refractivity (Wildman–Crippen MR) is 173 cm³/mol. The van der Waals surface area contributed by atoms with Gasteiger partial charge in [-0.3, -0.25) is 13.7 Å². The molecule has 1 heterocycles. The number of hydrogen-bond acceptors (Lipinski definition) is 14. The van der Waals surface area contributed by atoms with Crippen molar-refractivity contribution in [1.82, 2.24) is 15.0 Å². The van der Waals surface area contributed by atoms with E-state index in [0.717, 1.165) is 24.3 Å². The van der Waals surface area contributed by atoms with Crippen LogP contribution in [0.2, 0.25) is 5.28 Å². The average molecular weight is 738 g/mol. The van der Waals surface area contributed by atoms with E-state index in [4.69, 9.17) is 11.6 Å². The number of phenolic OH excluding ortho intramolecular Hbond substituents is 1. The van der Waals surface area contributed by atoms with Crippen LogP contribution < -0.4 is 10.2 Å². The van der Waals surface area contributed by atoms with Gasteiger partial charge in [0.05, 0.1) is 0 Å². The normalized spacial score (nSPS) is 15.2. The molecule has 0 aliphatic heterocycles. The van der Waals surface area contributed by atoms with Gasteiger partial charge in [-0.2, -0.15) is 40.2 Å². The third-order valence-electron chi connectivity index (χ3n) is 6.89. The summed E-state index contributed by atoms with van der Waals surface area (Å²) in [7, 11) is -14.8. The number of nitrogens with zero attached hydrogens (tertiary/aromatic N) is 6. The van der Waals surface area contributed by atoms with Crippen molar-refractivity contribution in [3.63, 3.8) is 0 Å². The van der Waals surface area contributed by atoms with Crippen LogP contribution in [0.5, 0.6) is 5.75 Å². The maximum Gasteiger partial charge on any atom is 0.296 e. The van der Waals surface area contributed by atoms with Crippen molar-refractivity contribution in [2.75, 3.05) is 16.8 Å². The second-order valence-corrected chi connectivity index (χ2v) is 14.7. The Morgan fingerprint density at radius 3 is 2.17 bits per heavy atom. The van der Waals surface area contributed by atoms with Crippen molar-refractivity contribution < 1.29 is 44.0 Å². The molecule has 0 bridgehead atoms. The van der Waals surface area contributed by atoms with Gasteiger partial charge < -0.3 is 15.3 Å². The number of aromatic hydroxyl groups is 1. The molecule has 5 rings (SSSR count). The molecular weight excluding hydrogens is 714 g/mol. The Morgan fingerprint density at radius 1 is 0.896 bits per heavy atom. The number of benzene rings is 3.